The van der Waals surface area contributed by atoms with E-state index < -0.39 is 0 Å². The molecule has 0 unspecified atom stereocenters. The van der Waals surface area contributed by atoms with Gasteiger partial charge in [-0.05, 0) is 18.4 Å². The summed E-state index contributed by atoms with van der Waals surface area (Å²) in [5, 5.41) is 0. The fourth-order valence-corrected chi connectivity index (χ4v) is 1.96. The second-order valence-electron chi connectivity index (χ2n) is 4.29. The molecule has 1 aromatic carbocycles. The number of nitrogens with zero attached hydrogens (tertiary/aromatic N) is 1. The molecular formula is C13H12N2O2. The molecule has 1 saturated carbocycles. The normalized spacial score (nSPS) is 14.8. The Morgan fingerprint density at radius 2 is 1.82 bits per heavy atom. The molecule has 17 heavy (non-hydrogen) atoms. The Kier molecular flexibility index (Phi) is 2.21. The first-order valence-electron chi connectivity index (χ1n) is 5.67. The largest absolute Gasteiger partial charge is 0.329 e. The molecule has 1 N–H and O–H groups in total. The molecule has 1 fully saturated rings. The smallest absolute Gasteiger partial charge is 0.307 e. The first kappa shape index (κ1) is 10.1. The highest BCUT2D eigenvalue weighted by atomic mass is 16.2. The zero-order chi connectivity index (χ0) is 11.8. The van der Waals surface area contributed by atoms with Crippen molar-refractivity contribution in [2.24, 2.45) is 0 Å². The molecule has 0 radical (unpaired) electrons. The molecule has 0 bridgehead atoms. The maximum Gasteiger partial charge on any atom is 0.329 e. The number of benzene rings is 1. The molecule has 2 aromatic rings. The third-order valence-corrected chi connectivity index (χ3v) is 2.96. The van der Waals surface area contributed by atoms with E-state index in [0.29, 0.717) is 5.69 Å². The highest BCUT2D eigenvalue weighted by Gasteiger charge is 2.26. The van der Waals surface area contributed by atoms with Gasteiger partial charge in [0.25, 0.3) is 5.56 Å². The van der Waals surface area contributed by atoms with Gasteiger partial charge < -0.3 is 4.98 Å². The summed E-state index contributed by atoms with van der Waals surface area (Å²) >= 11 is 0. The predicted molar refractivity (Wildman–Crippen MR) is 65.0 cm³/mol. The molecule has 86 valence electrons. The zero-order valence-corrected chi connectivity index (χ0v) is 9.22. The van der Waals surface area contributed by atoms with Crippen molar-refractivity contribution >= 4 is 0 Å². The first-order chi connectivity index (χ1) is 8.25. The van der Waals surface area contributed by atoms with Crippen LogP contribution in [0.25, 0.3) is 11.3 Å². The number of hydrogen-bond acceptors (Lipinski definition) is 2. The van der Waals surface area contributed by atoms with Gasteiger partial charge in [-0.2, -0.15) is 0 Å². The second kappa shape index (κ2) is 3.73. The molecule has 1 aromatic heterocycles. The molecule has 4 nitrogen and oxygen atoms in total. The Balaban J connectivity index is 2.15. The van der Waals surface area contributed by atoms with Crippen LogP contribution in [0.15, 0.2) is 46.0 Å². The van der Waals surface area contributed by atoms with Gasteiger partial charge in [0.1, 0.15) is 0 Å². The molecule has 0 saturated heterocycles. The van der Waals surface area contributed by atoms with Gasteiger partial charge in [-0.3, -0.25) is 9.36 Å². The van der Waals surface area contributed by atoms with Gasteiger partial charge in [0, 0.05) is 12.1 Å². The second-order valence-corrected chi connectivity index (χ2v) is 4.29. The molecule has 1 aliphatic carbocycles. The van der Waals surface area contributed by atoms with Gasteiger partial charge in [-0.25, -0.2) is 4.79 Å². The van der Waals surface area contributed by atoms with E-state index in [9.17, 15) is 9.59 Å². The Morgan fingerprint density at radius 3 is 2.41 bits per heavy atom. The average molecular weight is 228 g/mol. The summed E-state index contributed by atoms with van der Waals surface area (Å²) in [4.78, 5) is 26.4. The third-order valence-electron chi connectivity index (χ3n) is 2.96. The highest BCUT2D eigenvalue weighted by Crippen LogP contribution is 2.32. The summed E-state index contributed by atoms with van der Waals surface area (Å²) in [6.07, 6.45) is 1.85. The van der Waals surface area contributed by atoms with E-state index in [1.165, 1.54) is 10.6 Å². The van der Waals surface area contributed by atoms with Crippen molar-refractivity contribution in [2.45, 2.75) is 18.9 Å². The number of aromatic nitrogens is 2. The summed E-state index contributed by atoms with van der Waals surface area (Å²) in [7, 11) is 0. The van der Waals surface area contributed by atoms with Crippen molar-refractivity contribution in [1.29, 1.82) is 0 Å². The van der Waals surface area contributed by atoms with Crippen LogP contribution >= 0.6 is 0 Å². The minimum absolute atomic E-state index is 0.107. The molecule has 1 heterocycles. The van der Waals surface area contributed by atoms with E-state index in [1.54, 1.807) is 0 Å². The van der Waals surface area contributed by atoms with Gasteiger partial charge in [0.2, 0.25) is 0 Å². The lowest BCUT2D eigenvalue weighted by molar-refractivity contribution is 0.656. The number of aromatic amines is 1. The third kappa shape index (κ3) is 1.82. The number of rotatable bonds is 2. The molecular weight excluding hydrogens is 216 g/mol. The summed E-state index contributed by atoms with van der Waals surface area (Å²) in [6, 6.07) is 11.0. The molecule has 0 spiro atoms. The standard InChI is InChI=1S/C13H12N2O2/c16-12-8-11(9-4-2-1-3-5-9)14-13(17)15(12)10-6-7-10/h1-5,8,10H,6-7H2,(H,14,17). The minimum atomic E-state index is -0.307. The quantitative estimate of drug-likeness (QED) is 0.847. The topological polar surface area (TPSA) is 54.9 Å². The van der Waals surface area contributed by atoms with Crippen LogP contribution in [0.2, 0.25) is 0 Å². The van der Waals surface area contributed by atoms with Crippen LogP contribution in [-0.2, 0) is 0 Å². The lowest BCUT2D eigenvalue weighted by Gasteiger charge is -2.04. The van der Waals surface area contributed by atoms with E-state index in [1.807, 2.05) is 30.3 Å². The minimum Gasteiger partial charge on any atom is -0.307 e. The fourth-order valence-electron chi connectivity index (χ4n) is 1.96. The lowest BCUT2D eigenvalue weighted by atomic mass is 10.1. The van der Waals surface area contributed by atoms with Gasteiger partial charge in [-0.15, -0.1) is 0 Å². The fraction of sp³-hybridized carbons (Fsp3) is 0.231. The van der Waals surface area contributed by atoms with E-state index in [0.717, 1.165) is 18.4 Å². The Hall–Kier alpha value is -2.10. The van der Waals surface area contributed by atoms with Gasteiger partial charge in [0.15, 0.2) is 0 Å². The molecule has 0 amide bonds. The molecule has 0 aliphatic heterocycles. The number of nitrogens with one attached hydrogen (secondary N) is 1. The van der Waals surface area contributed by atoms with Crippen LogP contribution in [0.4, 0.5) is 0 Å². The number of hydrogen-bond donors (Lipinski definition) is 1. The molecule has 3 rings (SSSR count). The molecule has 4 heteroatoms. The zero-order valence-electron chi connectivity index (χ0n) is 9.22. The van der Waals surface area contributed by atoms with Gasteiger partial charge in [-0.1, -0.05) is 30.3 Å². The van der Waals surface area contributed by atoms with E-state index >= 15 is 0 Å². The van der Waals surface area contributed by atoms with Crippen molar-refractivity contribution < 1.29 is 0 Å². The van der Waals surface area contributed by atoms with Crippen LogP contribution in [0, 0.1) is 0 Å². The van der Waals surface area contributed by atoms with Crippen LogP contribution < -0.4 is 11.2 Å². The van der Waals surface area contributed by atoms with Gasteiger partial charge >= 0.3 is 5.69 Å². The summed E-state index contributed by atoms with van der Waals surface area (Å²) in [6.45, 7) is 0. The summed E-state index contributed by atoms with van der Waals surface area (Å²) in [5.74, 6) is 0. The van der Waals surface area contributed by atoms with E-state index in [-0.39, 0.29) is 17.3 Å². The lowest BCUT2D eigenvalue weighted by Crippen LogP contribution is -2.34. The van der Waals surface area contributed by atoms with Crippen LogP contribution in [-0.4, -0.2) is 9.55 Å². The van der Waals surface area contributed by atoms with Crippen LogP contribution in [0.3, 0.4) is 0 Å². The van der Waals surface area contributed by atoms with Crippen molar-refractivity contribution in [2.75, 3.05) is 0 Å². The van der Waals surface area contributed by atoms with E-state index in [2.05, 4.69) is 4.98 Å². The van der Waals surface area contributed by atoms with Gasteiger partial charge in [0.05, 0.1) is 5.69 Å². The van der Waals surface area contributed by atoms with Crippen molar-refractivity contribution in [3.05, 3.63) is 57.2 Å². The molecule has 1 aliphatic rings. The molecule has 0 atom stereocenters. The first-order valence-corrected chi connectivity index (χ1v) is 5.67. The van der Waals surface area contributed by atoms with Crippen LogP contribution in [0.1, 0.15) is 18.9 Å². The predicted octanol–water partition coefficient (Wildman–Crippen LogP) is 1.54. The van der Waals surface area contributed by atoms with Crippen molar-refractivity contribution in [3.8, 4) is 11.3 Å². The monoisotopic (exact) mass is 228 g/mol. The number of H-pyrrole nitrogens is 1. The van der Waals surface area contributed by atoms with E-state index in [4.69, 9.17) is 0 Å². The van der Waals surface area contributed by atoms with Crippen molar-refractivity contribution in [3.63, 3.8) is 0 Å². The summed E-state index contributed by atoms with van der Waals surface area (Å²) in [5.41, 5.74) is 0.913. The Morgan fingerprint density at radius 1 is 1.12 bits per heavy atom. The summed E-state index contributed by atoms with van der Waals surface area (Å²) < 4.78 is 1.31. The maximum atomic E-state index is 11.9. The van der Waals surface area contributed by atoms with Crippen LogP contribution in [0.5, 0.6) is 0 Å². The maximum absolute atomic E-state index is 11.9. The SMILES string of the molecule is O=c1cc(-c2ccccc2)[nH]c(=O)n1C1CC1. The Bertz CT molecular complexity index is 620. The van der Waals surface area contributed by atoms with Crippen molar-refractivity contribution in [1.82, 2.24) is 9.55 Å². The Labute approximate surface area is 97.5 Å². The highest BCUT2D eigenvalue weighted by molar-refractivity contribution is 5.57. The average Bonchev–Trinajstić information content (AvgIpc) is 3.14.